The van der Waals surface area contributed by atoms with E-state index in [0.717, 1.165) is 18.6 Å². The van der Waals surface area contributed by atoms with Crippen LogP contribution in [0.15, 0.2) is 42.5 Å². The summed E-state index contributed by atoms with van der Waals surface area (Å²) in [6, 6.07) is 14.7. The molecule has 0 aromatic heterocycles. The Morgan fingerprint density at radius 1 is 1.00 bits per heavy atom. The number of hydrogen-bond acceptors (Lipinski definition) is 2. The van der Waals surface area contributed by atoms with Crippen molar-refractivity contribution in [1.82, 2.24) is 5.32 Å². The maximum atomic E-state index is 12.4. The van der Waals surface area contributed by atoms with Gasteiger partial charge in [0.25, 0.3) is 5.91 Å². The quantitative estimate of drug-likeness (QED) is 0.720. The molecule has 0 saturated heterocycles. The Balaban J connectivity index is 1.57. The average Bonchev–Trinajstić information content (AvgIpc) is 2.70. The average molecular weight is 366 g/mol. The van der Waals surface area contributed by atoms with Crippen LogP contribution in [0.5, 0.6) is 5.75 Å². The van der Waals surface area contributed by atoms with E-state index in [1.54, 1.807) is 0 Å². The van der Waals surface area contributed by atoms with Crippen LogP contribution in [0.4, 0.5) is 0 Å². The van der Waals surface area contributed by atoms with E-state index in [-0.39, 0.29) is 18.6 Å². The van der Waals surface area contributed by atoms with Crippen molar-refractivity contribution in [1.29, 1.82) is 0 Å². The summed E-state index contributed by atoms with van der Waals surface area (Å²) in [5.74, 6) is 1.15. The smallest absolute Gasteiger partial charge is 0.258 e. The Morgan fingerprint density at radius 2 is 1.67 bits per heavy atom. The van der Waals surface area contributed by atoms with Crippen LogP contribution in [0.3, 0.4) is 0 Å². The number of rotatable bonds is 7. The number of nitrogens with one attached hydrogen (secondary N) is 1. The van der Waals surface area contributed by atoms with Gasteiger partial charge >= 0.3 is 0 Å². The SMILES string of the molecule is CCC(NC(=O)COc1ccc(C(C)C)cc1)c1ccc2c(c1)CCCC2. The van der Waals surface area contributed by atoms with E-state index in [2.05, 4.69) is 56.4 Å². The molecule has 1 aliphatic rings. The van der Waals surface area contributed by atoms with Crippen molar-refractivity contribution in [2.24, 2.45) is 0 Å². The van der Waals surface area contributed by atoms with Gasteiger partial charge in [0.05, 0.1) is 6.04 Å². The standard InChI is InChI=1S/C24H31NO2/c1-4-23(21-10-9-19-7-5-6-8-20(19)15-21)25-24(26)16-27-22-13-11-18(12-14-22)17(2)3/h9-15,17,23H,4-8,16H2,1-3H3,(H,25,26). The van der Waals surface area contributed by atoms with E-state index in [1.807, 2.05) is 12.1 Å². The summed E-state index contributed by atoms with van der Waals surface area (Å²) in [6.45, 7) is 6.47. The van der Waals surface area contributed by atoms with Gasteiger partial charge in [-0.3, -0.25) is 4.79 Å². The van der Waals surface area contributed by atoms with Crippen LogP contribution in [0.2, 0.25) is 0 Å². The minimum Gasteiger partial charge on any atom is -0.484 e. The number of amides is 1. The van der Waals surface area contributed by atoms with Crippen LogP contribution in [-0.2, 0) is 17.6 Å². The molecule has 0 radical (unpaired) electrons. The summed E-state index contributed by atoms with van der Waals surface area (Å²) in [6.07, 6.45) is 5.76. The predicted molar refractivity (Wildman–Crippen MR) is 110 cm³/mol. The first-order valence-corrected chi connectivity index (χ1v) is 10.2. The van der Waals surface area contributed by atoms with Crippen molar-refractivity contribution in [3.8, 4) is 5.75 Å². The van der Waals surface area contributed by atoms with Gasteiger partial charge in [0, 0.05) is 0 Å². The summed E-state index contributed by atoms with van der Waals surface area (Å²) >= 11 is 0. The Hall–Kier alpha value is -2.29. The fourth-order valence-corrected chi connectivity index (χ4v) is 3.73. The molecule has 0 fully saturated rings. The van der Waals surface area contributed by atoms with Gasteiger partial charge in [-0.25, -0.2) is 0 Å². The van der Waals surface area contributed by atoms with Gasteiger partial charge in [-0.15, -0.1) is 0 Å². The summed E-state index contributed by atoms with van der Waals surface area (Å²) in [4.78, 5) is 12.4. The van der Waals surface area contributed by atoms with Crippen molar-refractivity contribution >= 4 is 5.91 Å². The van der Waals surface area contributed by atoms with Gasteiger partial charge in [-0.2, -0.15) is 0 Å². The van der Waals surface area contributed by atoms with E-state index < -0.39 is 0 Å². The lowest BCUT2D eigenvalue weighted by Crippen LogP contribution is -2.32. The second-order valence-corrected chi connectivity index (χ2v) is 7.78. The minimum atomic E-state index is -0.0764. The van der Waals surface area contributed by atoms with Gasteiger partial charge in [-0.1, -0.05) is 51.1 Å². The fraction of sp³-hybridized carbons (Fsp3) is 0.458. The number of benzene rings is 2. The third-order valence-corrected chi connectivity index (χ3v) is 5.44. The lowest BCUT2D eigenvalue weighted by molar-refractivity contribution is -0.123. The highest BCUT2D eigenvalue weighted by atomic mass is 16.5. The highest BCUT2D eigenvalue weighted by molar-refractivity contribution is 5.78. The van der Waals surface area contributed by atoms with E-state index in [1.165, 1.54) is 41.5 Å². The number of ether oxygens (including phenoxy) is 1. The second kappa shape index (κ2) is 9.07. The topological polar surface area (TPSA) is 38.3 Å². The maximum absolute atomic E-state index is 12.4. The summed E-state index contributed by atoms with van der Waals surface area (Å²) in [7, 11) is 0. The zero-order valence-electron chi connectivity index (χ0n) is 16.8. The Kier molecular flexibility index (Phi) is 6.54. The Morgan fingerprint density at radius 3 is 2.33 bits per heavy atom. The van der Waals surface area contributed by atoms with Crippen LogP contribution in [0.25, 0.3) is 0 Å². The van der Waals surface area contributed by atoms with Gasteiger partial charge in [0.1, 0.15) is 5.75 Å². The molecule has 144 valence electrons. The van der Waals surface area contributed by atoms with E-state index >= 15 is 0 Å². The van der Waals surface area contributed by atoms with Gasteiger partial charge in [-0.05, 0) is 72.4 Å². The Bertz CT molecular complexity index is 764. The highest BCUT2D eigenvalue weighted by Gasteiger charge is 2.16. The maximum Gasteiger partial charge on any atom is 0.258 e. The lowest BCUT2D eigenvalue weighted by atomic mass is 9.89. The van der Waals surface area contributed by atoms with Crippen LogP contribution < -0.4 is 10.1 Å². The molecule has 2 aromatic carbocycles. The molecule has 0 spiro atoms. The van der Waals surface area contributed by atoms with Crippen LogP contribution in [0, 0.1) is 0 Å². The fourth-order valence-electron chi connectivity index (χ4n) is 3.73. The number of fused-ring (bicyclic) bond motifs is 1. The number of carbonyl (C=O) groups is 1. The summed E-state index contributed by atoms with van der Waals surface area (Å²) < 4.78 is 5.66. The normalized spacial score (nSPS) is 14.5. The zero-order valence-corrected chi connectivity index (χ0v) is 16.8. The third-order valence-electron chi connectivity index (χ3n) is 5.44. The molecule has 3 heteroatoms. The molecule has 1 unspecified atom stereocenters. The molecule has 1 amide bonds. The number of carbonyl (C=O) groups excluding carboxylic acids is 1. The van der Waals surface area contributed by atoms with Crippen molar-refractivity contribution in [2.75, 3.05) is 6.61 Å². The number of aryl methyl sites for hydroxylation is 2. The minimum absolute atomic E-state index is 0.0386. The summed E-state index contributed by atoms with van der Waals surface area (Å²) in [5.41, 5.74) is 5.39. The molecule has 1 atom stereocenters. The van der Waals surface area contributed by atoms with Crippen LogP contribution in [-0.4, -0.2) is 12.5 Å². The van der Waals surface area contributed by atoms with Gasteiger partial charge < -0.3 is 10.1 Å². The highest BCUT2D eigenvalue weighted by Crippen LogP contribution is 2.26. The van der Waals surface area contributed by atoms with E-state index in [9.17, 15) is 4.79 Å². The van der Waals surface area contributed by atoms with E-state index in [0.29, 0.717) is 5.92 Å². The monoisotopic (exact) mass is 365 g/mol. The molecule has 3 rings (SSSR count). The molecule has 0 heterocycles. The molecule has 1 N–H and O–H groups in total. The molecule has 0 aliphatic heterocycles. The Labute approximate surface area is 163 Å². The molecule has 1 aliphatic carbocycles. The van der Waals surface area contributed by atoms with Crippen molar-refractivity contribution < 1.29 is 9.53 Å². The molecule has 27 heavy (non-hydrogen) atoms. The second-order valence-electron chi connectivity index (χ2n) is 7.78. The number of hydrogen-bond donors (Lipinski definition) is 1. The van der Waals surface area contributed by atoms with Crippen molar-refractivity contribution in [2.45, 2.75) is 64.8 Å². The molecule has 3 nitrogen and oxygen atoms in total. The van der Waals surface area contributed by atoms with E-state index in [4.69, 9.17) is 4.74 Å². The zero-order chi connectivity index (χ0) is 19.2. The molecule has 0 bridgehead atoms. The van der Waals surface area contributed by atoms with Crippen LogP contribution >= 0.6 is 0 Å². The first-order valence-electron chi connectivity index (χ1n) is 10.2. The summed E-state index contributed by atoms with van der Waals surface area (Å²) in [5, 5.41) is 3.13. The molecular weight excluding hydrogens is 334 g/mol. The van der Waals surface area contributed by atoms with Gasteiger partial charge in [0.2, 0.25) is 0 Å². The molecular formula is C24H31NO2. The largest absolute Gasteiger partial charge is 0.484 e. The third kappa shape index (κ3) is 5.12. The van der Waals surface area contributed by atoms with Crippen molar-refractivity contribution in [3.63, 3.8) is 0 Å². The molecule has 0 saturated carbocycles. The first kappa shape index (κ1) is 19.5. The first-order chi connectivity index (χ1) is 13.1. The lowest BCUT2D eigenvalue weighted by Gasteiger charge is -2.22. The van der Waals surface area contributed by atoms with Gasteiger partial charge in [0.15, 0.2) is 6.61 Å². The van der Waals surface area contributed by atoms with Crippen LogP contribution in [0.1, 0.15) is 74.2 Å². The molecule has 2 aromatic rings. The predicted octanol–water partition coefficient (Wildman–Crippen LogP) is 5.34. The van der Waals surface area contributed by atoms with Crippen molar-refractivity contribution in [3.05, 3.63) is 64.7 Å².